The first-order chi connectivity index (χ1) is 16.0. The van der Waals surface area contributed by atoms with Gasteiger partial charge in [0, 0.05) is 29.3 Å². The van der Waals surface area contributed by atoms with E-state index in [1.54, 1.807) is 0 Å². The molecule has 3 aromatic heterocycles. The van der Waals surface area contributed by atoms with Crippen LogP contribution in [0.3, 0.4) is 0 Å². The lowest BCUT2D eigenvalue weighted by atomic mass is 9.84. The van der Waals surface area contributed by atoms with E-state index in [2.05, 4.69) is 15.1 Å². The lowest BCUT2D eigenvalue weighted by Crippen LogP contribution is -2.32. The number of H-pyrrole nitrogens is 1. The molecule has 33 heavy (non-hydrogen) atoms. The van der Waals surface area contributed by atoms with Gasteiger partial charge in [-0.05, 0) is 76.3 Å². The van der Waals surface area contributed by atoms with Crippen molar-refractivity contribution in [2.45, 2.75) is 64.1 Å². The van der Waals surface area contributed by atoms with Crippen molar-refractivity contribution >= 4 is 11.0 Å². The molecular weight excluding hydrogens is 419 g/mol. The third kappa shape index (κ3) is 3.29. The van der Waals surface area contributed by atoms with Crippen LogP contribution in [0.2, 0.25) is 0 Å². The molecule has 1 N–H and O–H groups in total. The lowest BCUT2D eigenvalue weighted by molar-refractivity contribution is -0.0671. The molecule has 2 unspecified atom stereocenters. The average molecular weight is 447 g/mol. The molecule has 1 aliphatic heterocycles. The summed E-state index contributed by atoms with van der Waals surface area (Å²) >= 11 is 0. The molecule has 2 fully saturated rings. The molecule has 1 saturated carbocycles. The Hall–Kier alpha value is -3.06. The Bertz CT molecular complexity index is 1330. The van der Waals surface area contributed by atoms with Gasteiger partial charge in [0.15, 0.2) is 6.17 Å². The molecule has 0 radical (unpaired) electrons. The summed E-state index contributed by atoms with van der Waals surface area (Å²) in [6, 6.07) is 9.65. The fraction of sp³-hybridized carbons (Fsp3) is 0.423. The van der Waals surface area contributed by atoms with Gasteiger partial charge in [-0.1, -0.05) is 11.2 Å². The number of aryl methyl sites for hydroxylation is 3. The van der Waals surface area contributed by atoms with Crippen molar-refractivity contribution in [3.05, 3.63) is 64.6 Å². The highest BCUT2D eigenvalue weighted by atomic mass is 19.1. The van der Waals surface area contributed by atoms with Crippen LogP contribution in [0.1, 0.15) is 72.0 Å². The summed E-state index contributed by atoms with van der Waals surface area (Å²) in [5, 5.41) is 4.11. The molecule has 4 aromatic rings. The number of nitrogens with one attached hydrogen (secondary N) is 1. The number of hydrogen-bond acceptors (Lipinski definition) is 5. The fourth-order valence-electron chi connectivity index (χ4n) is 5.17. The summed E-state index contributed by atoms with van der Waals surface area (Å²) in [6.45, 7) is 6.22. The topological polar surface area (TPSA) is 76.8 Å². The minimum Gasteiger partial charge on any atom is -0.365 e. The highest BCUT2D eigenvalue weighted by Gasteiger charge is 2.48. The van der Waals surface area contributed by atoms with E-state index in [0.29, 0.717) is 41.5 Å². The normalized spacial score (nSPS) is 21.7. The van der Waals surface area contributed by atoms with E-state index in [-0.39, 0.29) is 0 Å². The Morgan fingerprint density at radius 3 is 2.67 bits per heavy atom. The molecular formula is C26H27FN4O2. The first-order valence-electron chi connectivity index (χ1n) is 11.7. The van der Waals surface area contributed by atoms with Gasteiger partial charge in [0.2, 0.25) is 0 Å². The van der Waals surface area contributed by atoms with Gasteiger partial charge in [-0.2, -0.15) is 0 Å². The van der Waals surface area contributed by atoms with Crippen molar-refractivity contribution in [2.24, 2.45) is 0 Å². The SMILES string of the molecule is Cc1cccc(C2(C(F)c3cc(-c4c(C)noc4C)cc4[nH]c(C5CC5)nc34)CCCO2)n1. The van der Waals surface area contributed by atoms with E-state index >= 15 is 4.39 Å². The van der Waals surface area contributed by atoms with Crippen molar-refractivity contribution in [2.75, 3.05) is 6.61 Å². The zero-order valence-corrected chi connectivity index (χ0v) is 19.1. The standard InChI is InChI=1S/C26H27FN4O2/c1-14-6-4-7-21(28-14)26(10-5-11-32-26)24(27)19-12-18(22-15(2)31-33-16(22)3)13-20-23(19)30-25(29-20)17-8-9-17/h4,6-7,12-13,17,24H,5,8-11H2,1-3H3,(H,29,30). The van der Waals surface area contributed by atoms with Gasteiger partial charge in [0.05, 0.1) is 22.4 Å². The van der Waals surface area contributed by atoms with Gasteiger partial charge in [0.1, 0.15) is 17.2 Å². The van der Waals surface area contributed by atoms with Gasteiger partial charge in [-0.3, -0.25) is 4.98 Å². The molecule has 0 spiro atoms. The van der Waals surface area contributed by atoms with Crippen LogP contribution in [0, 0.1) is 20.8 Å². The average Bonchev–Trinajstić information content (AvgIpc) is 3.22. The Kier molecular flexibility index (Phi) is 4.66. The summed E-state index contributed by atoms with van der Waals surface area (Å²) in [4.78, 5) is 13.0. The first kappa shape index (κ1) is 20.5. The summed E-state index contributed by atoms with van der Waals surface area (Å²) < 4.78 is 28.4. The van der Waals surface area contributed by atoms with Crippen LogP contribution in [-0.2, 0) is 10.3 Å². The van der Waals surface area contributed by atoms with Crippen molar-refractivity contribution < 1.29 is 13.7 Å². The number of rotatable bonds is 5. The molecule has 7 heteroatoms. The minimum absolute atomic E-state index is 0.431. The smallest absolute Gasteiger partial charge is 0.162 e. The Morgan fingerprint density at radius 1 is 1.15 bits per heavy atom. The Balaban J connectivity index is 1.57. The fourth-order valence-corrected chi connectivity index (χ4v) is 5.17. The van der Waals surface area contributed by atoms with Gasteiger partial charge >= 0.3 is 0 Å². The van der Waals surface area contributed by atoms with Crippen LogP contribution in [0.4, 0.5) is 4.39 Å². The number of halogens is 1. The summed E-state index contributed by atoms with van der Waals surface area (Å²) in [7, 11) is 0. The van der Waals surface area contributed by atoms with Crippen LogP contribution >= 0.6 is 0 Å². The monoisotopic (exact) mass is 446 g/mol. The predicted octanol–water partition coefficient (Wildman–Crippen LogP) is 6.13. The van der Waals surface area contributed by atoms with Crippen LogP contribution in [0.25, 0.3) is 22.2 Å². The number of pyridine rings is 1. The Labute approximate surface area is 191 Å². The predicted molar refractivity (Wildman–Crippen MR) is 123 cm³/mol. The van der Waals surface area contributed by atoms with Gasteiger partial charge in [-0.25, -0.2) is 9.37 Å². The number of fused-ring (bicyclic) bond motifs is 1. The first-order valence-corrected chi connectivity index (χ1v) is 11.7. The van der Waals surface area contributed by atoms with Crippen LogP contribution < -0.4 is 0 Å². The number of benzene rings is 1. The molecule has 1 aromatic carbocycles. The summed E-state index contributed by atoms with van der Waals surface area (Å²) in [6.07, 6.45) is 2.17. The maximum atomic E-state index is 16.8. The van der Waals surface area contributed by atoms with Crippen LogP contribution in [0.15, 0.2) is 34.9 Å². The number of alkyl halides is 1. The Morgan fingerprint density at radius 2 is 2.00 bits per heavy atom. The molecule has 6 rings (SSSR count). The van der Waals surface area contributed by atoms with Crippen LogP contribution in [0.5, 0.6) is 0 Å². The highest BCUT2D eigenvalue weighted by Crippen LogP contribution is 2.50. The third-order valence-corrected chi connectivity index (χ3v) is 6.98. The maximum Gasteiger partial charge on any atom is 0.162 e. The van der Waals surface area contributed by atoms with E-state index in [0.717, 1.165) is 53.1 Å². The van der Waals surface area contributed by atoms with Crippen molar-refractivity contribution in [3.8, 4) is 11.1 Å². The highest BCUT2D eigenvalue weighted by molar-refractivity contribution is 5.86. The minimum atomic E-state index is -1.42. The molecule has 4 heterocycles. The molecule has 1 saturated heterocycles. The number of hydrogen-bond donors (Lipinski definition) is 1. The largest absolute Gasteiger partial charge is 0.365 e. The molecule has 0 amide bonds. The van der Waals surface area contributed by atoms with Gasteiger partial charge in [-0.15, -0.1) is 0 Å². The zero-order chi connectivity index (χ0) is 22.7. The molecule has 170 valence electrons. The summed E-state index contributed by atoms with van der Waals surface area (Å²) in [5.74, 6) is 2.08. The second-order valence-electron chi connectivity index (χ2n) is 9.43. The number of nitrogens with zero attached hydrogens (tertiary/aromatic N) is 3. The number of aromatic amines is 1. The van der Waals surface area contributed by atoms with Crippen molar-refractivity contribution in [3.63, 3.8) is 0 Å². The second kappa shape index (κ2) is 7.48. The zero-order valence-electron chi connectivity index (χ0n) is 19.1. The molecule has 0 bridgehead atoms. The molecule has 1 aliphatic carbocycles. The molecule has 2 aliphatic rings. The van der Waals surface area contributed by atoms with E-state index in [1.165, 1.54) is 0 Å². The van der Waals surface area contributed by atoms with E-state index in [9.17, 15) is 0 Å². The molecule has 2 atom stereocenters. The second-order valence-corrected chi connectivity index (χ2v) is 9.43. The maximum absolute atomic E-state index is 16.8. The van der Waals surface area contributed by atoms with Crippen LogP contribution in [-0.4, -0.2) is 26.7 Å². The van der Waals surface area contributed by atoms with E-state index in [4.69, 9.17) is 14.2 Å². The quantitative estimate of drug-likeness (QED) is 0.399. The lowest BCUT2D eigenvalue weighted by Gasteiger charge is -2.32. The number of aromatic nitrogens is 4. The van der Waals surface area contributed by atoms with Crippen molar-refractivity contribution in [1.82, 2.24) is 20.1 Å². The number of imidazole rings is 1. The third-order valence-electron chi connectivity index (χ3n) is 6.98. The molecule has 6 nitrogen and oxygen atoms in total. The summed E-state index contributed by atoms with van der Waals surface area (Å²) in [5.41, 5.74) is 4.92. The van der Waals surface area contributed by atoms with Gasteiger partial charge < -0.3 is 14.2 Å². The van der Waals surface area contributed by atoms with Crippen molar-refractivity contribution in [1.29, 1.82) is 0 Å². The van der Waals surface area contributed by atoms with Gasteiger partial charge in [0.25, 0.3) is 0 Å². The van der Waals surface area contributed by atoms with E-state index in [1.807, 2.05) is 51.1 Å². The number of ether oxygens (including phenoxy) is 1. The van der Waals surface area contributed by atoms with E-state index < -0.39 is 11.8 Å².